The lowest BCUT2D eigenvalue weighted by molar-refractivity contribution is 0.122. The van der Waals surface area contributed by atoms with Crippen LogP contribution in [0, 0.1) is 0 Å². The average Bonchev–Trinajstić information content (AvgIpc) is 2.38. The Labute approximate surface area is 117 Å². The van der Waals surface area contributed by atoms with Crippen LogP contribution in [-0.2, 0) is 5.41 Å². The molecule has 1 fully saturated rings. The van der Waals surface area contributed by atoms with E-state index in [0.717, 1.165) is 25.7 Å². The van der Waals surface area contributed by atoms with Gasteiger partial charge in [0.2, 0.25) is 0 Å². The molecule has 0 bridgehead atoms. The fourth-order valence-electron chi connectivity index (χ4n) is 2.85. The second-order valence-corrected chi connectivity index (χ2v) is 6.87. The Kier molecular flexibility index (Phi) is 4.19. The van der Waals surface area contributed by atoms with E-state index in [1.807, 2.05) is 0 Å². The number of rotatable bonds is 2. The average molecular weight is 261 g/mol. The Bertz CT molecular complexity index is 396. The van der Waals surface area contributed by atoms with E-state index in [1.165, 1.54) is 11.3 Å². The summed E-state index contributed by atoms with van der Waals surface area (Å²) in [6, 6.07) is 9.51. The first-order chi connectivity index (χ1) is 8.88. The van der Waals surface area contributed by atoms with Gasteiger partial charge in [-0.3, -0.25) is 0 Å². The molecule has 0 unspecified atom stereocenters. The third-order valence-corrected chi connectivity index (χ3v) is 4.35. The fraction of sp³-hybridized carbons (Fsp3) is 0.647. The Balaban J connectivity index is 2.05. The molecule has 1 N–H and O–H groups in total. The predicted octanol–water partition coefficient (Wildman–Crippen LogP) is 3.72. The smallest absolute Gasteiger partial charge is 0.0541 e. The van der Waals surface area contributed by atoms with Crippen molar-refractivity contribution in [3.05, 3.63) is 29.8 Å². The van der Waals surface area contributed by atoms with Crippen molar-refractivity contribution in [2.45, 2.75) is 64.0 Å². The van der Waals surface area contributed by atoms with Crippen molar-refractivity contribution in [1.82, 2.24) is 0 Å². The number of nitrogens with zero attached hydrogens (tertiary/aromatic N) is 1. The maximum absolute atomic E-state index is 9.59. The van der Waals surface area contributed by atoms with E-state index in [9.17, 15) is 5.11 Å². The lowest BCUT2D eigenvalue weighted by Crippen LogP contribution is -2.36. The molecule has 0 atom stereocenters. The van der Waals surface area contributed by atoms with Crippen LogP contribution in [0.5, 0.6) is 0 Å². The van der Waals surface area contributed by atoms with Crippen LogP contribution in [0.1, 0.15) is 52.0 Å². The van der Waals surface area contributed by atoms with E-state index in [0.29, 0.717) is 6.04 Å². The van der Waals surface area contributed by atoms with Crippen molar-refractivity contribution in [2.24, 2.45) is 0 Å². The van der Waals surface area contributed by atoms with E-state index < -0.39 is 0 Å². The van der Waals surface area contributed by atoms with Crippen LogP contribution < -0.4 is 4.90 Å². The number of anilines is 1. The summed E-state index contributed by atoms with van der Waals surface area (Å²) in [5, 5.41) is 9.59. The zero-order valence-electron chi connectivity index (χ0n) is 12.7. The number of aliphatic hydroxyl groups is 1. The fourth-order valence-corrected chi connectivity index (χ4v) is 2.85. The number of benzene rings is 1. The molecule has 2 rings (SSSR count). The molecule has 106 valence electrons. The Morgan fingerprint density at radius 3 is 2.00 bits per heavy atom. The summed E-state index contributed by atoms with van der Waals surface area (Å²) in [4.78, 5) is 2.37. The minimum atomic E-state index is -0.0760. The first kappa shape index (κ1) is 14.4. The molecule has 0 radical (unpaired) electrons. The van der Waals surface area contributed by atoms with Crippen LogP contribution in [0.2, 0.25) is 0 Å². The molecule has 1 aromatic carbocycles. The first-order valence-electron chi connectivity index (χ1n) is 7.39. The summed E-state index contributed by atoms with van der Waals surface area (Å²) in [5.74, 6) is 0. The number of hydrogen-bond donors (Lipinski definition) is 1. The molecule has 0 amide bonds. The predicted molar refractivity (Wildman–Crippen MR) is 81.8 cm³/mol. The Hall–Kier alpha value is -1.02. The summed E-state index contributed by atoms with van der Waals surface area (Å²) >= 11 is 0. The van der Waals surface area contributed by atoms with E-state index in [2.05, 4.69) is 57.0 Å². The molecule has 0 aliphatic heterocycles. The SMILES string of the molecule is CN(c1ccc(C(C)(C)C)cc1)C1CCC(O)CC1. The highest BCUT2D eigenvalue weighted by molar-refractivity contribution is 5.48. The molecule has 19 heavy (non-hydrogen) atoms. The van der Waals surface area contributed by atoms with Crippen LogP contribution in [0.4, 0.5) is 5.69 Å². The maximum Gasteiger partial charge on any atom is 0.0541 e. The Morgan fingerprint density at radius 1 is 1.00 bits per heavy atom. The van der Waals surface area contributed by atoms with Gasteiger partial charge in [0.1, 0.15) is 0 Å². The molecule has 1 aliphatic rings. The quantitative estimate of drug-likeness (QED) is 0.877. The van der Waals surface area contributed by atoms with Gasteiger partial charge in [0.05, 0.1) is 6.10 Å². The van der Waals surface area contributed by atoms with Gasteiger partial charge in [-0.15, -0.1) is 0 Å². The maximum atomic E-state index is 9.59. The van der Waals surface area contributed by atoms with Crippen LogP contribution in [0.15, 0.2) is 24.3 Å². The molecular formula is C17H27NO. The van der Waals surface area contributed by atoms with Gasteiger partial charge in [-0.2, -0.15) is 0 Å². The van der Waals surface area contributed by atoms with Crippen LogP contribution >= 0.6 is 0 Å². The number of hydrogen-bond acceptors (Lipinski definition) is 2. The van der Waals surface area contributed by atoms with E-state index in [4.69, 9.17) is 0 Å². The van der Waals surface area contributed by atoms with Crippen LogP contribution in [-0.4, -0.2) is 24.3 Å². The van der Waals surface area contributed by atoms with E-state index in [1.54, 1.807) is 0 Å². The standard InChI is InChI=1S/C17H27NO/c1-17(2,3)13-5-7-14(8-6-13)18(4)15-9-11-16(19)12-10-15/h5-8,15-16,19H,9-12H2,1-4H3. The van der Waals surface area contributed by atoms with Crippen molar-refractivity contribution in [3.63, 3.8) is 0 Å². The zero-order valence-corrected chi connectivity index (χ0v) is 12.7. The van der Waals surface area contributed by atoms with Gasteiger partial charge in [-0.25, -0.2) is 0 Å². The topological polar surface area (TPSA) is 23.5 Å². The highest BCUT2D eigenvalue weighted by Gasteiger charge is 2.23. The molecule has 0 spiro atoms. The second-order valence-electron chi connectivity index (χ2n) is 6.87. The van der Waals surface area contributed by atoms with Gasteiger partial charge >= 0.3 is 0 Å². The summed E-state index contributed by atoms with van der Waals surface area (Å²) in [6.45, 7) is 6.73. The molecule has 1 aliphatic carbocycles. The third-order valence-electron chi connectivity index (χ3n) is 4.35. The van der Waals surface area contributed by atoms with Gasteiger partial charge in [-0.05, 0) is 48.8 Å². The van der Waals surface area contributed by atoms with Gasteiger partial charge in [0, 0.05) is 18.8 Å². The summed E-state index contributed by atoms with van der Waals surface area (Å²) < 4.78 is 0. The minimum Gasteiger partial charge on any atom is -0.393 e. The van der Waals surface area contributed by atoms with Gasteiger partial charge < -0.3 is 10.0 Å². The van der Waals surface area contributed by atoms with Crippen molar-refractivity contribution >= 4 is 5.69 Å². The minimum absolute atomic E-state index is 0.0760. The van der Waals surface area contributed by atoms with Crippen LogP contribution in [0.3, 0.4) is 0 Å². The third kappa shape index (κ3) is 3.50. The normalized spacial score (nSPS) is 24.3. The highest BCUT2D eigenvalue weighted by atomic mass is 16.3. The van der Waals surface area contributed by atoms with E-state index >= 15 is 0 Å². The van der Waals surface area contributed by atoms with Gasteiger partial charge in [0.15, 0.2) is 0 Å². The lowest BCUT2D eigenvalue weighted by atomic mass is 9.87. The molecule has 0 heterocycles. The van der Waals surface area contributed by atoms with Gasteiger partial charge in [0.25, 0.3) is 0 Å². The molecule has 2 heteroatoms. The molecule has 1 saturated carbocycles. The molecule has 1 aromatic rings. The van der Waals surface area contributed by atoms with Crippen LogP contribution in [0.25, 0.3) is 0 Å². The van der Waals surface area contributed by atoms with Crippen molar-refractivity contribution < 1.29 is 5.11 Å². The first-order valence-corrected chi connectivity index (χ1v) is 7.39. The molecule has 2 nitrogen and oxygen atoms in total. The lowest BCUT2D eigenvalue weighted by Gasteiger charge is -2.35. The summed E-state index contributed by atoms with van der Waals surface area (Å²) in [5.41, 5.74) is 2.88. The van der Waals surface area contributed by atoms with Crippen molar-refractivity contribution in [3.8, 4) is 0 Å². The summed E-state index contributed by atoms with van der Waals surface area (Å²) in [7, 11) is 2.18. The largest absolute Gasteiger partial charge is 0.393 e. The monoisotopic (exact) mass is 261 g/mol. The highest BCUT2D eigenvalue weighted by Crippen LogP contribution is 2.28. The van der Waals surface area contributed by atoms with E-state index in [-0.39, 0.29) is 11.5 Å². The zero-order chi connectivity index (χ0) is 14.0. The summed E-state index contributed by atoms with van der Waals surface area (Å²) in [6.07, 6.45) is 3.99. The molecule has 0 saturated heterocycles. The number of aliphatic hydroxyl groups excluding tert-OH is 1. The van der Waals surface area contributed by atoms with Crippen molar-refractivity contribution in [2.75, 3.05) is 11.9 Å². The Morgan fingerprint density at radius 2 is 1.53 bits per heavy atom. The van der Waals surface area contributed by atoms with Crippen molar-refractivity contribution in [1.29, 1.82) is 0 Å². The molecule has 0 aromatic heterocycles. The van der Waals surface area contributed by atoms with Gasteiger partial charge in [-0.1, -0.05) is 32.9 Å². The molecular weight excluding hydrogens is 234 g/mol. The second kappa shape index (κ2) is 5.54.